The van der Waals surface area contributed by atoms with Crippen molar-refractivity contribution in [2.24, 2.45) is 0 Å². The monoisotopic (exact) mass is 323 g/mol. The summed E-state index contributed by atoms with van der Waals surface area (Å²) in [6.07, 6.45) is 4.27. The van der Waals surface area contributed by atoms with E-state index in [0.717, 1.165) is 24.2 Å². The van der Waals surface area contributed by atoms with Crippen LogP contribution in [0.25, 0.3) is 0 Å². The summed E-state index contributed by atoms with van der Waals surface area (Å²) in [6.45, 7) is 4.37. The van der Waals surface area contributed by atoms with Crippen LogP contribution in [0.15, 0.2) is 42.5 Å². The molecule has 1 atom stereocenters. The van der Waals surface area contributed by atoms with Gasteiger partial charge in [0.2, 0.25) is 0 Å². The molecule has 3 rings (SSSR count). The molecular formula is C21H25NO2. The van der Waals surface area contributed by atoms with Gasteiger partial charge in [0.15, 0.2) is 6.10 Å². The Hall–Kier alpha value is -2.29. The van der Waals surface area contributed by atoms with Crippen molar-refractivity contribution >= 4 is 5.91 Å². The number of fused-ring (bicyclic) bond motifs is 1. The SMILES string of the molecule is Cc1ccc(CNC(=O)[C@H](C)Oc2ccc3c(c2)CCCC3)cc1. The molecule has 0 saturated carbocycles. The van der Waals surface area contributed by atoms with Gasteiger partial charge >= 0.3 is 0 Å². The van der Waals surface area contributed by atoms with Crippen LogP contribution < -0.4 is 10.1 Å². The zero-order valence-electron chi connectivity index (χ0n) is 14.5. The van der Waals surface area contributed by atoms with Crippen LogP contribution >= 0.6 is 0 Å². The summed E-state index contributed by atoms with van der Waals surface area (Å²) < 4.78 is 5.84. The van der Waals surface area contributed by atoms with Crippen LogP contribution in [0.4, 0.5) is 0 Å². The minimum absolute atomic E-state index is 0.0895. The Morgan fingerprint density at radius 3 is 2.54 bits per heavy atom. The minimum atomic E-state index is -0.503. The van der Waals surface area contributed by atoms with E-state index in [1.54, 1.807) is 6.92 Å². The van der Waals surface area contributed by atoms with Crippen LogP contribution in [-0.2, 0) is 24.2 Å². The van der Waals surface area contributed by atoms with Crippen molar-refractivity contribution < 1.29 is 9.53 Å². The van der Waals surface area contributed by atoms with Crippen LogP contribution in [0.3, 0.4) is 0 Å². The van der Waals surface area contributed by atoms with Crippen molar-refractivity contribution in [2.75, 3.05) is 0 Å². The number of amides is 1. The lowest BCUT2D eigenvalue weighted by molar-refractivity contribution is -0.127. The third-order valence-corrected chi connectivity index (χ3v) is 4.59. The molecule has 3 heteroatoms. The predicted molar refractivity (Wildman–Crippen MR) is 96.2 cm³/mol. The first kappa shape index (κ1) is 16.6. The van der Waals surface area contributed by atoms with E-state index in [4.69, 9.17) is 4.74 Å². The fourth-order valence-corrected chi connectivity index (χ4v) is 3.08. The average molecular weight is 323 g/mol. The number of rotatable bonds is 5. The fourth-order valence-electron chi connectivity index (χ4n) is 3.08. The number of hydrogen-bond donors (Lipinski definition) is 1. The standard InChI is InChI=1S/C21H25NO2/c1-15-7-9-17(10-8-15)14-22-21(23)16(2)24-20-12-11-18-5-3-4-6-19(18)13-20/h7-13,16H,3-6,14H2,1-2H3,(H,22,23)/t16-/m0/s1. The number of hydrogen-bond acceptors (Lipinski definition) is 2. The van der Waals surface area contributed by atoms with Crippen LogP contribution in [0.2, 0.25) is 0 Å². The van der Waals surface area contributed by atoms with E-state index in [-0.39, 0.29) is 5.91 Å². The third-order valence-electron chi connectivity index (χ3n) is 4.59. The van der Waals surface area contributed by atoms with Crippen LogP contribution in [-0.4, -0.2) is 12.0 Å². The lowest BCUT2D eigenvalue weighted by Crippen LogP contribution is -2.35. The molecule has 0 fully saturated rings. The van der Waals surface area contributed by atoms with Crippen molar-refractivity contribution in [3.63, 3.8) is 0 Å². The molecule has 0 aromatic heterocycles. The lowest BCUT2D eigenvalue weighted by atomic mass is 9.92. The number of ether oxygens (including phenoxy) is 1. The Morgan fingerprint density at radius 1 is 1.08 bits per heavy atom. The Balaban J connectivity index is 1.55. The molecule has 1 aliphatic rings. The highest BCUT2D eigenvalue weighted by molar-refractivity contribution is 5.80. The van der Waals surface area contributed by atoms with E-state index in [2.05, 4.69) is 36.5 Å². The maximum atomic E-state index is 12.2. The normalized spacial score (nSPS) is 14.6. The van der Waals surface area contributed by atoms with Gasteiger partial charge < -0.3 is 10.1 Å². The molecule has 24 heavy (non-hydrogen) atoms. The van der Waals surface area contributed by atoms with Gasteiger partial charge in [-0.1, -0.05) is 35.9 Å². The summed E-state index contributed by atoms with van der Waals surface area (Å²) in [5.74, 6) is 0.696. The zero-order chi connectivity index (χ0) is 16.9. The number of nitrogens with one attached hydrogen (secondary N) is 1. The highest BCUT2D eigenvalue weighted by Gasteiger charge is 2.16. The molecule has 3 nitrogen and oxygen atoms in total. The topological polar surface area (TPSA) is 38.3 Å². The van der Waals surface area contributed by atoms with Crippen LogP contribution in [0.1, 0.15) is 42.0 Å². The molecule has 1 amide bonds. The van der Waals surface area contributed by atoms with Gasteiger partial charge in [-0.25, -0.2) is 0 Å². The van der Waals surface area contributed by atoms with Crippen LogP contribution in [0.5, 0.6) is 5.75 Å². The van der Waals surface area contributed by atoms with Crippen LogP contribution in [0, 0.1) is 6.92 Å². The maximum Gasteiger partial charge on any atom is 0.261 e. The summed E-state index contributed by atoms with van der Waals surface area (Å²) >= 11 is 0. The molecule has 0 saturated heterocycles. The van der Waals surface area contributed by atoms with Gasteiger partial charge in [0, 0.05) is 6.54 Å². The van der Waals surface area contributed by atoms with Gasteiger partial charge in [-0.05, 0) is 68.4 Å². The molecular weight excluding hydrogens is 298 g/mol. The second kappa shape index (κ2) is 7.52. The molecule has 1 N–H and O–H groups in total. The fraction of sp³-hybridized carbons (Fsp3) is 0.381. The average Bonchev–Trinajstić information content (AvgIpc) is 2.61. The first-order chi connectivity index (χ1) is 11.6. The van der Waals surface area contributed by atoms with E-state index in [9.17, 15) is 4.79 Å². The van der Waals surface area contributed by atoms with Gasteiger partial charge in [-0.2, -0.15) is 0 Å². The first-order valence-corrected chi connectivity index (χ1v) is 8.73. The second-order valence-corrected chi connectivity index (χ2v) is 6.60. The quantitative estimate of drug-likeness (QED) is 0.904. The van der Waals surface area contributed by atoms with Gasteiger partial charge in [0.05, 0.1) is 0 Å². The summed E-state index contributed by atoms with van der Waals surface area (Å²) in [5, 5.41) is 2.94. The highest BCUT2D eigenvalue weighted by atomic mass is 16.5. The molecule has 2 aromatic carbocycles. The summed E-state index contributed by atoms with van der Waals surface area (Å²) in [4.78, 5) is 12.2. The summed E-state index contributed by atoms with van der Waals surface area (Å²) in [7, 11) is 0. The molecule has 0 spiro atoms. The highest BCUT2D eigenvalue weighted by Crippen LogP contribution is 2.25. The predicted octanol–water partition coefficient (Wildman–Crippen LogP) is 3.96. The number of carbonyl (C=O) groups excluding carboxylic acids is 1. The van der Waals surface area contributed by atoms with E-state index < -0.39 is 6.10 Å². The number of benzene rings is 2. The zero-order valence-corrected chi connectivity index (χ0v) is 14.5. The Kier molecular flexibility index (Phi) is 5.19. The minimum Gasteiger partial charge on any atom is -0.481 e. The van der Waals surface area contributed by atoms with Crippen molar-refractivity contribution in [3.05, 3.63) is 64.7 Å². The summed E-state index contributed by atoms with van der Waals surface area (Å²) in [5.41, 5.74) is 5.10. The van der Waals surface area contributed by atoms with Gasteiger partial charge in [-0.3, -0.25) is 4.79 Å². The molecule has 126 valence electrons. The molecule has 0 bridgehead atoms. The Morgan fingerprint density at radius 2 is 1.79 bits per heavy atom. The van der Waals surface area contributed by atoms with Gasteiger partial charge in [0.25, 0.3) is 5.91 Å². The number of aryl methyl sites for hydroxylation is 3. The van der Waals surface area contributed by atoms with Crippen molar-refractivity contribution in [3.8, 4) is 5.75 Å². The van der Waals surface area contributed by atoms with E-state index in [1.807, 2.05) is 18.2 Å². The Bertz CT molecular complexity index is 706. The maximum absolute atomic E-state index is 12.2. The molecule has 0 aliphatic heterocycles. The molecule has 1 aliphatic carbocycles. The van der Waals surface area contributed by atoms with Gasteiger partial charge in [-0.15, -0.1) is 0 Å². The summed E-state index contributed by atoms with van der Waals surface area (Å²) in [6, 6.07) is 14.4. The second-order valence-electron chi connectivity index (χ2n) is 6.60. The smallest absolute Gasteiger partial charge is 0.261 e. The lowest BCUT2D eigenvalue weighted by Gasteiger charge is -2.19. The van der Waals surface area contributed by atoms with Gasteiger partial charge in [0.1, 0.15) is 5.75 Å². The molecule has 0 radical (unpaired) electrons. The van der Waals surface area contributed by atoms with E-state index in [1.165, 1.54) is 29.5 Å². The first-order valence-electron chi connectivity index (χ1n) is 8.73. The third kappa shape index (κ3) is 4.16. The molecule has 2 aromatic rings. The van der Waals surface area contributed by atoms with E-state index in [0.29, 0.717) is 6.54 Å². The largest absolute Gasteiger partial charge is 0.481 e. The number of carbonyl (C=O) groups is 1. The van der Waals surface area contributed by atoms with Crippen molar-refractivity contribution in [1.82, 2.24) is 5.32 Å². The molecule has 0 unspecified atom stereocenters. The van der Waals surface area contributed by atoms with E-state index >= 15 is 0 Å². The Labute approximate surface area is 144 Å². The van der Waals surface area contributed by atoms with Crippen molar-refractivity contribution in [2.45, 2.75) is 52.2 Å². The molecule has 0 heterocycles. The van der Waals surface area contributed by atoms with Crippen molar-refractivity contribution in [1.29, 1.82) is 0 Å².